The average molecular weight is 264 g/mol. The van der Waals surface area contributed by atoms with Gasteiger partial charge in [-0.1, -0.05) is 58.5 Å². The summed E-state index contributed by atoms with van der Waals surface area (Å²) in [5, 5.41) is 0. The first kappa shape index (κ1) is 16.2. The number of rotatable bonds is 1. The predicted molar refractivity (Wildman–Crippen MR) is 80.0 cm³/mol. The molecule has 0 aliphatic carbocycles. The second-order valence-electron chi connectivity index (χ2n) is 6.63. The monoisotopic (exact) mass is 264 g/mol. The lowest BCUT2D eigenvalue weighted by Crippen LogP contribution is -2.45. The maximum Gasteiger partial charge on any atom is 0.163 e. The summed E-state index contributed by atoms with van der Waals surface area (Å²) in [6.07, 6.45) is 0.106. The van der Waals surface area contributed by atoms with E-state index in [1.165, 1.54) is 5.56 Å². The standard InChI is InChI=1S/C16H24O2.CH4/c1-15(2,3)13-11-17-16(4,5)18-14(13)12-9-7-6-8-10-12;/h6-10,13-14H,11H2,1-5H3;1H4. The Morgan fingerprint density at radius 1 is 1.11 bits per heavy atom. The Labute approximate surface area is 118 Å². The van der Waals surface area contributed by atoms with Crippen LogP contribution in [0.15, 0.2) is 30.3 Å². The van der Waals surface area contributed by atoms with Crippen molar-refractivity contribution in [3.8, 4) is 0 Å². The third-order valence-corrected chi connectivity index (χ3v) is 3.63. The molecule has 1 heterocycles. The molecule has 0 amide bonds. The molecule has 1 fully saturated rings. The van der Waals surface area contributed by atoms with E-state index in [1.807, 2.05) is 19.9 Å². The van der Waals surface area contributed by atoms with Crippen molar-refractivity contribution in [2.75, 3.05) is 6.61 Å². The van der Waals surface area contributed by atoms with Crippen molar-refractivity contribution in [2.45, 2.75) is 53.9 Å². The minimum absolute atomic E-state index is 0. The van der Waals surface area contributed by atoms with Crippen LogP contribution in [0.5, 0.6) is 0 Å². The maximum atomic E-state index is 6.18. The molecule has 0 aromatic heterocycles. The van der Waals surface area contributed by atoms with E-state index in [-0.39, 0.29) is 18.9 Å². The molecule has 1 aliphatic heterocycles. The van der Waals surface area contributed by atoms with Crippen molar-refractivity contribution in [1.82, 2.24) is 0 Å². The minimum atomic E-state index is -0.498. The smallest absolute Gasteiger partial charge is 0.163 e. The van der Waals surface area contributed by atoms with Gasteiger partial charge >= 0.3 is 0 Å². The highest BCUT2D eigenvalue weighted by molar-refractivity contribution is 5.19. The van der Waals surface area contributed by atoms with Gasteiger partial charge in [-0.15, -0.1) is 0 Å². The Morgan fingerprint density at radius 3 is 2.21 bits per heavy atom. The molecule has 2 heteroatoms. The van der Waals surface area contributed by atoms with Crippen LogP contribution in [0.3, 0.4) is 0 Å². The molecule has 1 aliphatic rings. The molecular weight excluding hydrogens is 236 g/mol. The van der Waals surface area contributed by atoms with Gasteiger partial charge < -0.3 is 9.47 Å². The predicted octanol–water partition coefficient (Wildman–Crippen LogP) is 4.81. The van der Waals surface area contributed by atoms with Gasteiger partial charge in [0.15, 0.2) is 5.79 Å². The van der Waals surface area contributed by atoms with Gasteiger partial charge in [-0.25, -0.2) is 0 Å². The lowest BCUT2D eigenvalue weighted by atomic mass is 9.75. The van der Waals surface area contributed by atoms with Gasteiger partial charge in [0.1, 0.15) is 0 Å². The molecule has 0 radical (unpaired) electrons. The summed E-state index contributed by atoms with van der Waals surface area (Å²) in [4.78, 5) is 0. The quantitative estimate of drug-likeness (QED) is 0.724. The molecule has 0 saturated carbocycles. The molecule has 2 unspecified atom stereocenters. The Balaban J connectivity index is 0.00000180. The van der Waals surface area contributed by atoms with Crippen molar-refractivity contribution in [3.63, 3.8) is 0 Å². The first-order valence-corrected chi connectivity index (χ1v) is 6.66. The minimum Gasteiger partial charge on any atom is -0.350 e. The Kier molecular flexibility index (Phi) is 4.81. The molecule has 1 saturated heterocycles. The van der Waals surface area contributed by atoms with Gasteiger partial charge in [-0.05, 0) is 24.8 Å². The molecule has 2 nitrogen and oxygen atoms in total. The van der Waals surface area contributed by atoms with Crippen molar-refractivity contribution in [2.24, 2.45) is 11.3 Å². The van der Waals surface area contributed by atoms with Crippen LogP contribution < -0.4 is 0 Å². The van der Waals surface area contributed by atoms with E-state index in [9.17, 15) is 0 Å². The van der Waals surface area contributed by atoms with Crippen molar-refractivity contribution >= 4 is 0 Å². The molecule has 19 heavy (non-hydrogen) atoms. The molecule has 2 rings (SSSR count). The van der Waals surface area contributed by atoms with Gasteiger partial charge in [-0.2, -0.15) is 0 Å². The summed E-state index contributed by atoms with van der Waals surface area (Å²) >= 11 is 0. The summed E-state index contributed by atoms with van der Waals surface area (Å²) in [5.41, 5.74) is 1.41. The molecular formula is C17H28O2. The fourth-order valence-corrected chi connectivity index (χ4v) is 2.45. The maximum absolute atomic E-state index is 6.18. The highest BCUT2D eigenvalue weighted by atomic mass is 16.7. The van der Waals surface area contributed by atoms with Crippen LogP contribution in [0, 0.1) is 11.3 Å². The van der Waals surface area contributed by atoms with E-state index >= 15 is 0 Å². The Bertz CT molecular complexity index is 389. The SMILES string of the molecule is C.CC1(C)OCC(C(C)(C)C)C(c2ccccc2)O1. The highest BCUT2D eigenvalue weighted by Crippen LogP contribution is 2.44. The van der Waals surface area contributed by atoms with Gasteiger partial charge in [0, 0.05) is 5.92 Å². The highest BCUT2D eigenvalue weighted by Gasteiger charge is 2.42. The zero-order valence-electron chi connectivity index (χ0n) is 12.1. The van der Waals surface area contributed by atoms with E-state index in [0.717, 1.165) is 6.61 Å². The van der Waals surface area contributed by atoms with E-state index < -0.39 is 5.79 Å². The average Bonchev–Trinajstić information content (AvgIpc) is 2.27. The third kappa shape index (κ3) is 3.80. The van der Waals surface area contributed by atoms with Gasteiger partial charge in [-0.3, -0.25) is 0 Å². The van der Waals surface area contributed by atoms with Crippen LogP contribution in [0.4, 0.5) is 0 Å². The molecule has 1 aromatic carbocycles. The van der Waals surface area contributed by atoms with Crippen molar-refractivity contribution in [1.29, 1.82) is 0 Å². The van der Waals surface area contributed by atoms with E-state index in [4.69, 9.17) is 9.47 Å². The topological polar surface area (TPSA) is 18.5 Å². The lowest BCUT2D eigenvalue weighted by molar-refractivity contribution is -0.307. The Morgan fingerprint density at radius 2 is 1.68 bits per heavy atom. The zero-order valence-corrected chi connectivity index (χ0v) is 12.1. The molecule has 0 N–H and O–H groups in total. The Hall–Kier alpha value is -0.860. The number of ether oxygens (including phenoxy) is 2. The second-order valence-corrected chi connectivity index (χ2v) is 6.63. The van der Waals surface area contributed by atoms with Gasteiger partial charge in [0.2, 0.25) is 0 Å². The van der Waals surface area contributed by atoms with E-state index in [2.05, 4.69) is 45.0 Å². The summed E-state index contributed by atoms with van der Waals surface area (Å²) < 4.78 is 12.0. The number of benzene rings is 1. The number of hydrogen-bond donors (Lipinski definition) is 0. The van der Waals surface area contributed by atoms with Gasteiger partial charge in [0.05, 0.1) is 12.7 Å². The van der Waals surface area contributed by atoms with E-state index in [0.29, 0.717) is 5.92 Å². The summed E-state index contributed by atoms with van der Waals surface area (Å²) in [5.74, 6) is -0.129. The van der Waals surface area contributed by atoms with Crippen LogP contribution in [-0.2, 0) is 9.47 Å². The summed E-state index contributed by atoms with van der Waals surface area (Å²) in [6, 6.07) is 10.5. The normalized spacial score (nSPS) is 26.6. The molecule has 2 atom stereocenters. The number of hydrogen-bond acceptors (Lipinski definition) is 2. The van der Waals surface area contributed by atoms with Crippen LogP contribution in [-0.4, -0.2) is 12.4 Å². The lowest BCUT2D eigenvalue weighted by Gasteiger charge is -2.46. The fraction of sp³-hybridized carbons (Fsp3) is 0.647. The zero-order chi connectivity index (χ0) is 13.4. The van der Waals surface area contributed by atoms with Crippen LogP contribution in [0.1, 0.15) is 53.7 Å². The van der Waals surface area contributed by atoms with Crippen LogP contribution >= 0.6 is 0 Å². The summed E-state index contributed by atoms with van der Waals surface area (Å²) in [7, 11) is 0. The second kappa shape index (κ2) is 5.64. The first-order valence-electron chi connectivity index (χ1n) is 6.66. The summed E-state index contributed by atoms with van der Waals surface area (Å²) in [6.45, 7) is 11.5. The first-order chi connectivity index (χ1) is 8.30. The van der Waals surface area contributed by atoms with Gasteiger partial charge in [0.25, 0.3) is 0 Å². The molecule has 1 aromatic rings. The van der Waals surface area contributed by atoms with E-state index in [1.54, 1.807) is 0 Å². The molecule has 0 bridgehead atoms. The molecule has 108 valence electrons. The van der Waals surface area contributed by atoms with Crippen molar-refractivity contribution in [3.05, 3.63) is 35.9 Å². The third-order valence-electron chi connectivity index (χ3n) is 3.63. The van der Waals surface area contributed by atoms with Crippen LogP contribution in [0.2, 0.25) is 0 Å². The molecule has 0 spiro atoms. The fourth-order valence-electron chi connectivity index (χ4n) is 2.45. The largest absolute Gasteiger partial charge is 0.350 e. The van der Waals surface area contributed by atoms with Crippen LogP contribution in [0.25, 0.3) is 0 Å². The van der Waals surface area contributed by atoms with Crippen molar-refractivity contribution < 1.29 is 9.47 Å².